The molecule has 1 amide bonds. The predicted molar refractivity (Wildman–Crippen MR) is 46.6 cm³/mol. The Balaban J connectivity index is 2.74. The molecule has 11 heavy (non-hydrogen) atoms. The third-order valence-electron chi connectivity index (χ3n) is 1.31. The van der Waals surface area contributed by atoms with E-state index in [-0.39, 0.29) is 5.91 Å². The van der Waals surface area contributed by atoms with Crippen molar-refractivity contribution in [2.45, 2.75) is 11.3 Å². The van der Waals surface area contributed by atoms with Crippen LogP contribution in [0.3, 0.4) is 0 Å². The first-order chi connectivity index (χ1) is 5.18. The maximum Gasteiger partial charge on any atom is 0.221 e. The fourth-order valence-corrected chi connectivity index (χ4v) is 0.964. The van der Waals surface area contributed by atoms with Crippen molar-refractivity contribution in [3.8, 4) is 0 Å². The quantitative estimate of drug-likeness (QED) is 0.634. The van der Waals surface area contributed by atoms with Crippen LogP contribution in [0.1, 0.15) is 5.56 Å². The van der Waals surface area contributed by atoms with Crippen LogP contribution in [0.15, 0.2) is 29.2 Å². The summed E-state index contributed by atoms with van der Waals surface area (Å²) in [4.78, 5) is 11.3. The minimum Gasteiger partial charge on any atom is -0.369 e. The molecule has 1 rings (SSSR count). The van der Waals surface area contributed by atoms with Crippen LogP contribution in [0.5, 0.6) is 0 Å². The molecular weight excluding hydrogens is 158 g/mol. The van der Waals surface area contributed by atoms with Crippen LogP contribution in [0.25, 0.3) is 0 Å². The number of hydrogen-bond acceptors (Lipinski definition) is 2. The summed E-state index contributed by atoms with van der Waals surface area (Å²) in [5.41, 5.74) is 5.93. The monoisotopic (exact) mass is 167 g/mol. The summed E-state index contributed by atoms with van der Waals surface area (Å²) < 4.78 is 0. The van der Waals surface area contributed by atoms with Crippen LogP contribution < -0.4 is 5.73 Å². The van der Waals surface area contributed by atoms with Crippen molar-refractivity contribution in [2.75, 3.05) is 0 Å². The molecule has 0 spiro atoms. The third-order valence-corrected chi connectivity index (χ3v) is 1.61. The smallest absolute Gasteiger partial charge is 0.221 e. The number of carbonyl (C=O) groups is 1. The van der Waals surface area contributed by atoms with Crippen LogP contribution in [0.2, 0.25) is 0 Å². The molecule has 0 fully saturated rings. The van der Waals surface area contributed by atoms with Crippen LogP contribution >= 0.6 is 12.6 Å². The maximum absolute atomic E-state index is 10.5. The SMILES string of the molecule is NC(=O)Cc1ccc(S)cc1. The van der Waals surface area contributed by atoms with Crippen LogP contribution in [-0.2, 0) is 11.2 Å². The highest BCUT2D eigenvalue weighted by Crippen LogP contribution is 2.07. The first-order valence-electron chi connectivity index (χ1n) is 3.24. The van der Waals surface area contributed by atoms with Gasteiger partial charge in [0.25, 0.3) is 0 Å². The van der Waals surface area contributed by atoms with Gasteiger partial charge >= 0.3 is 0 Å². The maximum atomic E-state index is 10.5. The van der Waals surface area contributed by atoms with Crippen LogP contribution in [0, 0.1) is 0 Å². The molecule has 2 N–H and O–H groups in total. The number of rotatable bonds is 2. The molecule has 0 atom stereocenters. The fraction of sp³-hybridized carbons (Fsp3) is 0.125. The standard InChI is InChI=1S/C8H9NOS/c9-8(10)5-6-1-3-7(11)4-2-6/h1-4,11H,5H2,(H2,9,10). The zero-order chi connectivity index (χ0) is 8.27. The predicted octanol–water partition coefficient (Wildman–Crippen LogP) is 1.00. The Labute approximate surface area is 70.8 Å². The molecule has 0 saturated carbocycles. The molecule has 0 aliphatic rings. The van der Waals surface area contributed by atoms with E-state index in [0.717, 1.165) is 10.5 Å². The number of primary amides is 1. The summed E-state index contributed by atoms with van der Waals surface area (Å²) in [6, 6.07) is 7.35. The van der Waals surface area contributed by atoms with E-state index < -0.39 is 0 Å². The molecule has 3 heteroatoms. The second-order valence-electron chi connectivity index (χ2n) is 2.31. The lowest BCUT2D eigenvalue weighted by atomic mass is 10.1. The molecule has 0 aliphatic heterocycles. The lowest BCUT2D eigenvalue weighted by molar-refractivity contribution is -0.117. The van der Waals surface area contributed by atoms with Gasteiger partial charge < -0.3 is 5.73 Å². The average Bonchev–Trinajstić information content (AvgIpc) is 1.93. The van der Waals surface area contributed by atoms with Gasteiger partial charge in [-0.2, -0.15) is 0 Å². The van der Waals surface area contributed by atoms with Crippen LogP contribution in [0.4, 0.5) is 0 Å². The van der Waals surface area contributed by atoms with Gasteiger partial charge in [-0.25, -0.2) is 0 Å². The Hall–Kier alpha value is -0.960. The summed E-state index contributed by atoms with van der Waals surface area (Å²) in [5, 5.41) is 0. The lowest BCUT2D eigenvalue weighted by Crippen LogP contribution is -2.13. The Morgan fingerprint density at radius 3 is 2.36 bits per heavy atom. The third kappa shape index (κ3) is 2.63. The highest BCUT2D eigenvalue weighted by molar-refractivity contribution is 7.80. The summed E-state index contributed by atoms with van der Waals surface area (Å²) in [7, 11) is 0. The number of thiol groups is 1. The van der Waals surface area contributed by atoms with Gasteiger partial charge in [-0.1, -0.05) is 12.1 Å². The normalized spacial score (nSPS) is 9.55. The fourth-order valence-electron chi connectivity index (χ4n) is 0.815. The minimum absolute atomic E-state index is 0.300. The van der Waals surface area contributed by atoms with Crippen molar-refractivity contribution in [3.05, 3.63) is 29.8 Å². The molecule has 1 aromatic carbocycles. The Bertz CT molecular complexity index is 255. The van der Waals surface area contributed by atoms with E-state index in [1.165, 1.54) is 0 Å². The van der Waals surface area contributed by atoms with Gasteiger partial charge in [0, 0.05) is 4.90 Å². The second kappa shape index (κ2) is 3.44. The Morgan fingerprint density at radius 1 is 1.36 bits per heavy atom. The molecule has 1 aromatic rings. The zero-order valence-electron chi connectivity index (χ0n) is 5.95. The van der Waals surface area contributed by atoms with Gasteiger partial charge in [-0.05, 0) is 17.7 Å². The number of hydrogen-bond donors (Lipinski definition) is 2. The molecular formula is C8H9NOS. The number of carbonyl (C=O) groups excluding carboxylic acids is 1. The number of nitrogens with two attached hydrogens (primary N) is 1. The first kappa shape index (κ1) is 8.14. The highest BCUT2D eigenvalue weighted by Gasteiger charge is 1.96. The van der Waals surface area contributed by atoms with Gasteiger partial charge in [0.1, 0.15) is 0 Å². The first-order valence-corrected chi connectivity index (χ1v) is 3.69. The average molecular weight is 167 g/mol. The largest absolute Gasteiger partial charge is 0.369 e. The summed E-state index contributed by atoms with van der Waals surface area (Å²) >= 11 is 4.11. The van der Waals surface area contributed by atoms with Gasteiger partial charge in [0.15, 0.2) is 0 Å². The Morgan fingerprint density at radius 2 is 1.91 bits per heavy atom. The summed E-state index contributed by atoms with van der Waals surface area (Å²) in [6.45, 7) is 0. The van der Waals surface area contributed by atoms with E-state index in [0.29, 0.717) is 6.42 Å². The van der Waals surface area contributed by atoms with E-state index >= 15 is 0 Å². The molecule has 0 bridgehead atoms. The molecule has 0 saturated heterocycles. The molecule has 0 radical (unpaired) electrons. The zero-order valence-corrected chi connectivity index (χ0v) is 6.84. The van der Waals surface area contributed by atoms with Gasteiger partial charge in [-0.3, -0.25) is 4.79 Å². The molecule has 0 unspecified atom stereocenters. The van der Waals surface area contributed by atoms with Crippen molar-refractivity contribution < 1.29 is 4.79 Å². The van der Waals surface area contributed by atoms with Crippen molar-refractivity contribution in [1.82, 2.24) is 0 Å². The van der Waals surface area contributed by atoms with E-state index in [4.69, 9.17) is 5.73 Å². The summed E-state index contributed by atoms with van der Waals surface area (Å²) in [5.74, 6) is -0.308. The second-order valence-corrected chi connectivity index (χ2v) is 2.83. The summed E-state index contributed by atoms with van der Waals surface area (Å²) in [6.07, 6.45) is 0.300. The van der Waals surface area contributed by atoms with Crippen molar-refractivity contribution in [2.24, 2.45) is 5.73 Å². The number of benzene rings is 1. The van der Waals surface area contributed by atoms with E-state index in [1.54, 1.807) is 0 Å². The van der Waals surface area contributed by atoms with Crippen molar-refractivity contribution in [1.29, 1.82) is 0 Å². The molecule has 2 nitrogen and oxygen atoms in total. The molecule has 0 heterocycles. The van der Waals surface area contributed by atoms with E-state index in [1.807, 2.05) is 24.3 Å². The highest BCUT2D eigenvalue weighted by atomic mass is 32.1. The van der Waals surface area contributed by atoms with Gasteiger partial charge in [-0.15, -0.1) is 12.6 Å². The molecule has 0 aromatic heterocycles. The van der Waals surface area contributed by atoms with Crippen LogP contribution in [-0.4, -0.2) is 5.91 Å². The molecule has 0 aliphatic carbocycles. The van der Waals surface area contributed by atoms with Crippen molar-refractivity contribution in [3.63, 3.8) is 0 Å². The Kier molecular flexibility index (Phi) is 2.54. The lowest BCUT2D eigenvalue weighted by Gasteiger charge is -1.96. The van der Waals surface area contributed by atoms with Gasteiger partial charge in [0.05, 0.1) is 6.42 Å². The van der Waals surface area contributed by atoms with E-state index in [9.17, 15) is 4.79 Å². The number of amides is 1. The van der Waals surface area contributed by atoms with E-state index in [2.05, 4.69) is 12.6 Å². The topological polar surface area (TPSA) is 43.1 Å². The minimum atomic E-state index is -0.308. The molecule has 58 valence electrons. The van der Waals surface area contributed by atoms with Crippen molar-refractivity contribution >= 4 is 18.5 Å². The van der Waals surface area contributed by atoms with Gasteiger partial charge in [0.2, 0.25) is 5.91 Å².